The third kappa shape index (κ3) is 3.56. The number of rotatable bonds is 5. The second-order valence-electron chi connectivity index (χ2n) is 5.86. The predicted octanol–water partition coefficient (Wildman–Crippen LogP) is 2.37. The topological polar surface area (TPSA) is 41.6 Å². The number of methoxy groups -OCH3 is 1. The second kappa shape index (κ2) is 6.94. The number of nitrogens with zero attached hydrogens (tertiary/aromatic N) is 1. The number of hydrogen-bond donors (Lipinski definition) is 1. The van der Waals surface area contributed by atoms with Crippen LogP contribution in [0.5, 0.6) is 0 Å². The van der Waals surface area contributed by atoms with Gasteiger partial charge in [0.05, 0.1) is 7.11 Å². The summed E-state index contributed by atoms with van der Waals surface area (Å²) in [5.74, 6) is -0.203. The Bertz CT molecular complexity index is 489. The number of fused-ring (bicyclic) bond motifs is 1. The maximum Gasteiger partial charge on any atom is 0.327 e. The Kier molecular flexibility index (Phi) is 5.23. The highest BCUT2D eigenvalue weighted by atomic mass is 16.5. The van der Waals surface area contributed by atoms with Crippen LogP contribution in [-0.2, 0) is 16.0 Å². The molecule has 0 aliphatic carbocycles. The number of ether oxygens (including phenoxy) is 1. The zero-order valence-corrected chi connectivity index (χ0v) is 13.3. The predicted molar refractivity (Wildman–Crippen MR) is 85.7 cm³/mol. The van der Waals surface area contributed by atoms with Gasteiger partial charge in [-0.2, -0.15) is 0 Å². The molecule has 0 spiro atoms. The molecule has 1 atom stereocenters. The minimum absolute atomic E-state index is 0.203. The van der Waals surface area contributed by atoms with Gasteiger partial charge in [-0.25, -0.2) is 4.79 Å². The third-order valence-corrected chi connectivity index (χ3v) is 4.17. The van der Waals surface area contributed by atoms with Crippen LogP contribution in [0.3, 0.4) is 0 Å². The summed E-state index contributed by atoms with van der Waals surface area (Å²) >= 11 is 0. The Morgan fingerprint density at radius 3 is 2.86 bits per heavy atom. The molecule has 1 heterocycles. The average molecular weight is 290 g/mol. The van der Waals surface area contributed by atoms with Gasteiger partial charge in [0.2, 0.25) is 0 Å². The summed E-state index contributed by atoms with van der Waals surface area (Å²) in [7, 11) is 1.45. The first-order valence-corrected chi connectivity index (χ1v) is 7.77. The molecule has 0 saturated heterocycles. The molecule has 1 aliphatic heterocycles. The largest absolute Gasteiger partial charge is 0.468 e. The number of benzene rings is 1. The molecule has 0 amide bonds. The van der Waals surface area contributed by atoms with Crippen LogP contribution in [0, 0.1) is 0 Å². The first kappa shape index (κ1) is 15.8. The quantitative estimate of drug-likeness (QED) is 0.845. The Morgan fingerprint density at radius 2 is 2.14 bits per heavy atom. The molecule has 1 N–H and O–H groups in total. The van der Waals surface area contributed by atoms with E-state index in [-0.39, 0.29) is 5.97 Å². The van der Waals surface area contributed by atoms with Crippen molar-refractivity contribution in [2.45, 2.75) is 38.6 Å². The maximum atomic E-state index is 12.2. The van der Waals surface area contributed by atoms with E-state index in [2.05, 4.69) is 34.5 Å². The zero-order valence-electron chi connectivity index (χ0n) is 13.3. The number of carbonyl (C=O) groups is 1. The smallest absolute Gasteiger partial charge is 0.327 e. The second-order valence-corrected chi connectivity index (χ2v) is 5.86. The molecule has 1 aliphatic rings. The lowest BCUT2D eigenvalue weighted by molar-refractivity contribution is -0.147. The number of anilines is 1. The number of nitrogens with one attached hydrogen (secondary N) is 1. The molecule has 21 heavy (non-hydrogen) atoms. The zero-order chi connectivity index (χ0) is 15.3. The first-order valence-electron chi connectivity index (χ1n) is 7.77. The lowest BCUT2D eigenvalue weighted by Crippen LogP contribution is -2.57. The number of aryl methyl sites for hydroxylation is 1. The van der Waals surface area contributed by atoms with Gasteiger partial charge in [-0.15, -0.1) is 0 Å². The minimum Gasteiger partial charge on any atom is -0.468 e. The van der Waals surface area contributed by atoms with E-state index >= 15 is 0 Å². The molecule has 1 unspecified atom stereocenters. The molecule has 1 aromatic carbocycles. The van der Waals surface area contributed by atoms with Gasteiger partial charge in [0.1, 0.15) is 5.54 Å². The summed E-state index contributed by atoms with van der Waals surface area (Å²) < 4.78 is 5.00. The van der Waals surface area contributed by atoms with Crippen LogP contribution in [0.2, 0.25) is 0 Å². The van der Waals surface area contributed by atoms with E-state index in [0.29, 0.717) is 6.54 Å². The van der Waals surface area contributed by atoms with Gasteiger partial charge in [-0.05, 0) is 44.4 Å². The fraction of sp³-hybridized carbons (Fsp3) is 0.588. The summed E-state index contributed by atoms with van der Waals surface area (Å²) in [6.45, 7) is 6.29. The van der Waals surface area contributed by atoms with Crippen LogP contribution in [0.4, 0.5) is 5.69 Å². The van der Waals surface area contributed by atoms with Crippen LogP contribution in [0.1, 0.15) is 32.3 Å². The standard InChI is InChI=1S/C17H26N2O2/c1-4-18-17(2,16(20)21-3)13-19-12-8-7-10-14-9-5-6-11-15(14)19/h5-6,9,11,18H,4,7-8,10,12-13H2,1-3H3. The van der Waals surface area contributed by atoms with Gasteiger partial charge in [0, 0.05) is 18.8 Å². The van der Waals surface area contributed by atoms with Gasteiger partial charge in [0.15, 0.2) is 0 Å². The van der Waals surface area contributed by atoms with E-state index in [1.165, 1.54) is 24.8 Å². The minimum atomic E-state index is -0.680. The fourth-order valence-corrected chi connectivity index (χ4v) is 3.12. The van der Waals surface area contributed by atoms with E-state index in [9.17, 15) is 4.79 Å². The van der Waals surface area contributed by atoms with E-state index in [4.69, 9.17) is 4.74 Å². The molecule has 0 bridgehead atoms. The molecule has 0 radical (unpaired) electrons. The number of esters is 1. The lowest BCUT2D eigenvalue weighted by Gasteiger charge is -2.35. The van der Waals surface area contributed by atoms with Gasteiger partial charge in [0.25, 0.3) is 0 Å². The third-order valence-electron chi connectivity index (χ3n) is 4.17. The molecule has 4 heteroatoms. The van der Waals surface area contributed by atoms with Gasteiger partial charge < -0.3 is 15.0 Å². The van der Waals surface area contributed by atoms with Crippen molar-refractivity contribution in [3.05, 3.63) is 29.8 Å². The van der Waals surface area contributed by atoms with E-state index in [1.807, 2.05) is 13.8 Å². The van der Waals surface area contributed by atoms with Crippen molar-refractivity contribution in [1.29, 1.82) is 0 Å². The van der Waals surface area contributed by atoms with Crippen molar-refractivity contribution in [2.75, 3.05) is 31.6 Å². The van der Waals surface area contributed by atoms with Crippen molar-refractivity contribution in [2.24, 2.45) is 0 Å². The van der Waals surface area contributed by atoms with Crippen molar-refractivity contribution in [3.63, 3.8) is 0 Å². The normalized spacial score (nSPS) is 17.6. The SMILES string of the molecule is CCNC(C)(CN1CCCCc2ccccc21)C(=O)OC. The average Bonchev–Trinajstić information content (AvgIpc) is 2.69. The Morgan fingerprint density at radius 1 is 1.38 bits per heavy atom. The first-order chi connectivity index (χ1) is 10.1. The summed E-state index contributed by atoms with van der Waals surface area (Å²) in [6.07, 6.45) is 3.46. The molecule has 0 aromatic heterocycles. The summed E-state index contributed by atoms with van der Waals surface area (Å²) in [6, 6.07) is 8.51. The molecule has 116 valence electrons. The summed E-state index contributed by atoms with van der Waals surface area (Å²) in [5.41, 5.74) is 1.95. The summed E-state index contributed by atoms with van der Waals surface area (Å²) in [4.78, 5) is 14.5. The van der Waals surface area contributed by atoms with E-state index in [1.54, 1.807) is 0 Å². The van der Waals surface area contributed by atoms with Gasteiger partial charge in [-0.3, -0.25) is 0 Å². The van der Waals surface area contributed by atoms with Crippen molar-refractivity contribution in [3.8, 4) is 0 Å². The van der Waals surface area contributed by atoms with Gasteiger partial charge >= 0.3 is 5.97 Å². The highest BCUT2D eigenvalue weighted by Crippen LogP contribution is 2.27. The number of para-hydroxylation sites is 1. The van der Waals surface area contributed by atoms with Crippen molar-refractivity contribution in [1.82, 2.24) is 5.32 Å². The molecule has 4 nitrogen and oxygen atoms in total. The molecular formula is C17H26N2O2. The molecular weight excluding hydrogens is 264 g/mol. The van der Waals surface area contributed by atoms with Crippen molar-refractivity contribution < 1.29 is 9.53 Å². The number of hydrogen-bond acceptors (Lipinski definition) is 4. The Labute approximate surface area is 127 Å². The lowest BCUT2D eigenvalue weighted by atomic mass is 10.0. The highest BCUT2D eigenvalue weighted by Gasteiger charge is 2.36. The fourth-order valence-electron chi connectivity index (χ4n) is 3.12. The monoisotopic (exact) mass is 290 g/mol. The van der Waals surface area contributed by atoms with Gasteiger partial charge in [-0.1, -0.05) is 25.1 Å². The van der Waals surface area contributed by atoms with Crippen molar-refractivity contribution >= 4 is 11.7 Å². The molecule has 2 rings (SSSR count). The van der Waals surface area contributed by atoms with Crippen LogP contribution in [0.15, 0.2) is 24.3 Å². The molecule has 0 fully saturated rings. The number of likely N-dealkylation sites (N-methyl/N-ethyl adjacent to an activating group) is 1. The van der Waals surface area contributed by atoms with Crippen LogP contribution >= 0.6 is 0 Å². The molecule has 0 saturated carbocycles. The maximum absolute atomic E-state index is 12.2. The molecule has 1 aromatic rings. The van der Waals surface area contributed by atoms with Crippen LogP contribution in [0.25, 0.3) is 0 Å². The van der Waals surface area contributed by atoms with Crippen LogP contribution < -0.4 is 10.2 Å². The number of carbonyl (C=O) groups excluding carboxylic acids is 1. The highest BCUT2D eigenvalue weighted by molar-refractivity contribution is 5.81. The summed E-state index contributed by atoms with van der Waals surface area (Å²) in [5, 5.41) is 3.29. The van der Waals surface area contributed by atoms with E-state index in [0.717, 1.165) is 25.9 Å². The van der Waals surface area contributed by atoms with Crippen LogP contribution in [-0.4, -0.2) is 38.3 Å². The Hall–Kier alpha value is -1.55. The Balaban J connectivity index is 2.26. The van der Waals surface area contributed by atoms with E-state index < -0.39 is 5.54 Å².